The van der Waals surface area contributed by atoms with E-state index in [4.69, 9.17) is 0 Å². The molecule has 0 aromatic heterocycles. The Kier molecular flexibility index (Phi) is 3.87. The first-order chi connectivity index (χ1) is 12.2. The van der Waals surface area contributed by atoms with Gasteiger partial charge in [0.25, 0.3) is 0 Å². The summed E-state index contributed by atoms with van der Waals surface area (Å²) in [6.07, 6.45) is 6.77. The van der Waals surface area contributed by atoms with Gasteiger partial charge < -0.3 is 4.48 Å². The predicted octanol–water partition coefficient (Wildman–Crippen LogP) is 5.61. The molecule has 2 heterocycles. The molecule has 2 unspecified atom stereocenters. The second-order valence-electron chi connectivity index (χ2n) is 8.18. The van der Waals surface area contributed by atoms with E-state index in [0.717, 1.165) is 0 Å². The third-order valence-electron chi connectivity index (χ3n) is 6.63. The molecule has 5 rings (SSSR count). The van der Waals surface area contributed by atoms with Crippen LogP contribution in [0.4, 0.5) is 0 Å². The number of hydrogen-bond acceptors (Lipinski definition) is 0. The lowest BCUT2D eigenvalue weighted by molar-refractivity contribution is -0.920. The third kappa shape index (κ3) is 2.71. The average Bonchev–Trinajstić information content (AvgIpc) is 2.98. The third-order valence-corrected chi connectivity index (χ3v) is 7.12. The molecule has 2 saturated heterocycles. The summed E-state index contributed by atoms with van der Waals surface area (Å²) >= 11 is 3.71. The lowest BCUT2D eigenvalue weighted by atomic mass is 9.73. The standard InChI is InChI=1S/C23H25BrN/c24-20-10-9-18-13-19-15-25(11-5-2-6-12-25)16-22(19)23(21(18)14-20)17-7-3-1-4-8-17/h1,3-4,7-10,13-14,22-23H,2,5-6,11-12,15-16H2/q+1. The second kappa shape index (κ2) is 6.10. The number of piperidine rings is 1. The predicted molar refractivity (Wildman–Crippen MR) is 107 cm³/mol. The van der Waals surface area contributed by atoms with Gasteiger partial charge in [0, 0.05) is 16.3 Å². The van der Waals surface area contributed by atoms with Crippen LogP contribution in [0.2, 0.25) is 0 Å². The molecule has 2 aromatic carbocycles. The number of quaternary nitrogens is 1. The molecular formula is C23H25BrN+. The fourth-order valence-electron chi connectivity index (χ4n) is 5.53. The van der Waals surface area contributed by atoms with Crippen LogP contribution < -0.4 is 0 Å². The zero-order valence-electron chi connectivity index (χ0n) is 14.6. The van der Waals surface area contributed by atoms with E-state index in [9.17, 15) is 0 Å². The first-order valence-corrected chi connectivity index (χ1v) is 10.4. The van der Waals surface area contributed by atoms with E-state index in [1.807, 2.05) is 0 Å². The number of halogens is 1. The Labute approximate surface area is 159 Å². The van der Waals surface area contributed by atoms with Crippen molar-refractivity contribution in [2.45, 2.75) is 25.2 Å². The van der Waals surface area contributed by atoms with Gasteiger partial charge >= 0.3 is 0 Å². The van der Waals surface area contributed by atoms with Crippen LogP contribution in [-0.2, 0) is 0 Å². The Morgan fingerprint density at radius 3 is 2.52 bits per heavy atom. The summed E-state index contributed by atoms with van der Waals surface area (Å²) in [4.78, 5) is 0. The van der Waals surface area contributed by atoms with Crippen LogP contribution in [0.15, 0.2) is 58.6 Å². The lowest BCUT2D eigenvalue weighted by Crippen LogP contribution is -2.49. The monoisotopic (exact) mass is 394 g/mol. The molecule has 128 valence electrons. The maximum absolute atomic E-state index is 3.71. The topological polar surface area (TPSA) is 0 Å². The van der Waals surface area contributed by atoms with Crippen LogP contribution >= 0.6 is 15.9 Å². The van der Waals surface area contributed by atoms with Crippen molar-refractivity contribution in [3.8, 4) is 0 Å². The van der Waals surface area contributed by atoms with Gasteiger partial charge in [0.05, 0.1) is 19.6 Å². The van der Waals surface area contributed by atoms with Crippen LogP contribution in [0.5, 0.6) is 0 Å². The van der Waals surface area contributed by atoms with Crippen molar-refractivity contribution in [1.82, 2.24) is 0 Å². The zero-order valence-corrected chi connectivity index (χ0v) is 16.2. The minimum Gasteiger partial charge on any atom is -0.320 e. The molecule has 0 radical (unpaired) electrons. The molecule has 25 heavy (non-hydrogen) atoms. The van der Waals surface area contributed by atoms with Crippen molar-refractivity contribution in [2.24, 2.45) is 5.92 Å². The van der Waals surface area contributed by atoms with Crippen molar-refractivity contribution >= 4 is 22.0 Å². The van der Waals surface area contributed by atoms with Crippen molar-refractivity contribution in [3.63, 3.8) is 0 Å². The average molecular weight is 395 g/mol. The van der Waals surface area contributed by atoms with Gasteiger partial charge in [0.1, 0.15) is 6.54 Å². The highest BCUT2D eigenvalue weighted by Crippen LogP contribution is 2.49. The van der Waals surface area contributed by atoms with E-state index >= 15 is 0 Å². The summed E-state index contributed by atoms with van der Waals surface area (Å²) in [5.74, 6) is 1.18. The maximum atomic E-state index is 3.71. The van der Waals surface area contributed by atoms with Crippen LogP contribution in [0.25, 0.3) is 6.08 Å². The van der Waals surface area contributed by atoms with E-state index in [1.54, 1.807) is 5.57 Å². The summed E-state index contributed by atoms with van der Waals surface area (Å²) in [5, 5.41) is 0. The highest BCUT2D eigenvalue weighted by molar-refractivity contribution is 9.10. The molecule has 2 fully saturated rings. The van der Waals surface area contributed by atoms with Gasteiger partial charge in [-0.05, 0) is 59.7 Å². The first kappa shape index (κ1) is 15.8. The molecule has 1 spiro atoms. The van der Waals surface area contributed by atoms with Gasteiger partial charge in [-0.15, -0.1) is 0 Å². The van der Waals surface area contributed by atoms with Crippen molar-refractivity contribution < 1.29 is 4.48 Å². The Morgan fingerprint density at radius 1 is 0.920 bits per heavy atom. The summed E-state index contributed by atoms with van der Waals surface area (Å²) in [6, 6.07) is 18.1. The normalized spacial score (nSPS) is 26.8. The van der Waals surface area contributed by atoms with Crippen LogP contribution in [0.3, 0.4) is 0 Å². The molecule has 2 heteroatoms. The van der Waals surface area contributed by atoms with Gasteiger partial charge in [0.2, 0.25) is 0 Å². The van der Waals surface area contributed by atoms with Gasteiger partial charge in [0.15, 0.2) is 0 Å². The quantitative estimate of drug-likeness (QED) is 0.551. The molecule has 3 aliphatic rings. The van der Waals surface area contributed by atoms with E-state index in [1.165, 1.54) is 71.1 Å². The number of nitrogens with zero attached hydrogens (tertiary/aromatic N) is 1. The molecule has 0 saturated carbocycles. The number of fused-ring (bicyclic) bond motifs is 2. The smallest absolute Gasteiger partial charge is 0.101 e. The van der Waals surface area contributed by atoms with Crippen LogP contribution in [0.1, 0.15) is 41.9 Å². The zero-order chi connectivity index (χ0) is 16.9. The molecule has 0 bridgehead atoms. The Bertz CT molecular complexity index is 817. The summed E-state index contributed by atoms with van der Waals surface area (Å²) in [5.41, 5.74) is 6.12. The van der Waals surface area contributed by atoms with E-state index in [0.29, 0.717) is 11.8 Å². The first-order valence-electron chi connectivity index (χ1n) is 9.64. The van der Waals surface area contributed by atoms with Gasteiger partial charge in [-0.25, -0.2) is 0 Å². The van der Waals surface area contributed by atoms with Crippen LogP contribution in [-0.4, -0.2) is 30.7 Å². The highest BCUT2D eigenvalue weighted by atomic mass is 79.9. The molecule has 1 nitrogen and oxygen atoms in total. The molecule has 0 N–H and O–H groups in total. The highest BCUT2D eigenvalue weighted by Gasteiger charge is 2.47. The largest absolute Gasteiger partial charge is 0.320 e. The fraction of sp³-hybridized carbons (Fsp3) is 0.391. The number of benzene rings is 2. The Morgan fingerprint density at radius 2 is 1.72 bits per heavy atom. The van der Waals surface area contributed by atoms with E-state index < -0.39 is 0 Å². The van der Waals surface area contributed by atoms with E-state index in [-0.39, 0.29) is 0 Å². The SMILES string of the molecule is Brc1ccc2c(c1)C(c1ccccc1)C1C[N+]3(CCCCC3)CC1=C2. The maximum Gasteiger partial charge on any atom is 0.101 e. The van der Waals surface area contributed by atoms with Crippen LogP contribution in [0, 0.1) is 5.92 Å². The minimum atomic E-state index is 0.508. The van der Waals surface area contributed by atoms with Crippen molar-refractivity contribution in [2.75, 3.05) is 26.2 Å². The van der Waals surface area contributed by atoms with Gasteiger partial charge in [-0.2, -0.15) is 0 Å². The summed E-state index contributed by atoms with van der Waals surface area (Å²) < 4.78 is 2.54. The molecular weight excluding hydrogens is 370 g/mol. The number of rotatable bonds is 1. The Hall–Kier alpha value is -1.38. The van der Waals surface area contributed by atoms with Crippen molar-refractivity contribution in [1.29, 1.82) is 0 Å². The molecule has 1 aliphatic carbocycles. The fourth-order valence-corrected chi connectivity index (χ4v) is 5.91. The molecule has 2 aromatic rings. The molecule has 0 amide bonds. The Balaban J connectivity index is 1.62. The summed E-state index contributed by atoms with van der Waals surface area (Å²) in [7, 11) is 0. The van der Waals surface area contributed by atoms with Gasteiger partial charge in [-0.3, -0.25) is 0 Å². The molecule has 2 atom stereocenters. The second-order valence-corrected chi connectivity index (χ2v) is 9.09. The van der Waals surface area contributed by atoms with Crippen molar-refractivity contribution in [3.05, 3.63) is 75.3 Å². The van der Waals surface area contributed by atoms with E-state index in [2.05, 4.69) is 70.5 Å². The lowest BCUT2D eigenvalue weighted by Gasteiger charge is -2.38. The molecule has 2 aliphatic heterocycles. The number of hydrogen-bond donors (Lipinski definition) is 0. The minimum absolute atomic E-state index is 0.508. The van der Waals surface area contributed by atoms with Gasteiger partial charge in [-0.1, -0.05) is 52.3 Å². The summed E-state index contributed by atoms with van der Waals surface area (Å²) in [6.45, 7) is 5.38.